The van der Waals surface area contributed by atoms with Crippen LogP contribution < -0.4 is 14.6 Å². The minimum absolute atomic E-state index is 0.0224. The molecule has 0 spiro atoms. The number of hydrogen-bond donors (Lipinski definition) is 0. The van der Waals surface area contributed by atoms with Gasteiger partial charge in [0.15, 0.2) is 0 Å². The van der Waals surface area contributed by atoms with Gasteiger partial charge >= 0.3 is 0 Å². The highest BCUT2D eigenvalue weighted by Crippen LogP contribution is 2.33. The van der Waals surface area contributed by atoms with Crippen molar-refractivity contribution >= 4 is 29.2 Å². The molecule has 0 aliphatic rings. The molecule has 2 aromatic carbocycles. The van der Waals surface area contributed by atoms with Gasteiger partial charge in [-0.15, -0.1) is 0 Å². The predicted octanol–water partition coefficient (Wildman–Crippen LogP) is 7.43. The molecule has 0 saturated carbocycles. The third-order valence-corrected chi connectivity index (χ3v) is 6.91. The first kappa shape index (κ1) is 33.1. The number of benzene rings is 2. The zero-order valence-electron chi connectivity index (χ0n) is 23.1. The Bertz CT molecular complexity index is 891. The van der Waals surface area contributed by atoms with Gasteiger partial charge in [-0.25, -0.2) is 0 Å². The second kappa shape index (κ2) is 19.2. The maximum absolute atomic E-state index is 10.6. The van der Waals surface area contributed by atoms with E-state index in [2.05, 4.69) is 21.0 Å². The number of halogens is 2. The van der Waals surface area contributed by atoms with E-state index in [9.17, 15) is 9.90 Å². The van der Waals surface area contributed by atoms with Crippen molar-refractivity contribution in [3.8, 4) is 11.5 Å². The van der Waals surface area contributed by atoms with Crippen LogP contribution in [0.3, 0.4) is 0 Å². The highest BCUT2D eigenvalue weighted by Gasteiger charge is 2.14. The fourth-order valence-corrected chi connectivity index (χ4v) is 4.45. The molecule has 208 valence electrons. The predicted molar refractivity (Wildman–Crippen MR) is 153 cm³/mol. The van der Waals surface area contributed by atoms with Crippen LogP contribution in [0, 0.1) is 0 Å². The number of carboxylic acid groups (broad SMARTS) is 1. The van der Waals surface area contributed by atoms with Gasteiger partial charge in [-0.1, -0.05) is 99.7 Å². The molecular formula is C30H45Cl2NO4. The normalized spacial score (nSPS) is 11.0. The van der Waals surface area contributed by atoms with E-state index in [-0.39, 0.29) is 21.4 Å². The third-order valence-electron chi connectivity index (χ3n) is 6.29. The molecule has 2 aromatic rings. The molecule has 0 radical (unpaired) electrons. The molecule has 0 N–H and O–H groups in total. The number of carbonyl (C=O) groups is 1. The fraction of sp³-hybridized carbons (Fsp3) is 0.567. The molecule has 0 aromatic heterocycles. The molecule has 7 heteroatoms. The van der Waals surface area contributed by atoms with Crippen LogP contribution in [0.1, 0.15) is 81.5 Å². The SMILES string of the molecule is CCCCCCCCCCCC[N+](C)(C)CCOc1ccccc1.COc1c(Cl)ccc(Cl)c1C(=O)[O-]. The van der Waals surface area contributed by atoms with Crippen molar-refractivity contribution in [2.45, 2.75) is 71.1 Å². The maximum atomic E-state index is 10.6. The van der Waals surface area contributed by atoms with E-state index in [4.69, 9.17) is 32.7 Å². The summed E-state index contributed by atoms with van der Waals surface area (Å²) >= 11 is 11.3. The van der Waals surface area contributed by atoms with E-state index in [1.54, 1.807) is 0 Å². The number of quaternary nitrogens is 1. The van der Waals surface area contributed by atoms with Crippen molar-refractivity contribution in [2.24, 2.45) is 0 Å². The van der Waals surface area contributed by atoms with Crippen molar-refractivity contribution in [3.05, 3.63) is 58.1 Å². The summed E-state index contributed by atoms with van der Waals surface area (Å²) in [6.45, 7) is 5.42. The van der Waals surface area contributed by atoms with Crippen molar-refractivity contribution in [1.29, 1.82) is 0 Å². The number of nitrogens with zero attached hydrogens (tertiary/aromatic N) is 1. The van der Waals surface area contributed by atoms with Crippen LogP contribution in [0.25, 0.3) is 0 Å². The lowest BCUT2D eigenvalue weighted by Crippen LogP contribution is -2.43. The number of methoxy groups -OCH3 is 1. The largest absolute Gasteiger partial charge is 0.545 e. The number of ether oxygens (including phenoxy) is 2. The second-order valence-corrected chi connectivity index (χ2v) is 10.8. The Morgan fingerprint density at radius 1 is 0.811 bits per heavy atom. The van der Waals surface area contributed by atoms with Crippen molar-refractivity contribution in [1.82, 2.24) is 0 Å². The van der Waals surface area contributed by atoms with E-state index in [0.29, 0.717) is 0 Å². The topological polar surface area (TPSA) is 58.6 Å². The first-order valence-electron chi connectivity index (χ1n) is 13.4. The number of carbonyl (C=O) groups excluding carboxylic acids is 1. The van der Waals surface area contributed by atoms with Crippen LogP contribution in [-0.2, 0) is 0 Å². The Morgan fingerprint density at radius 2 is 1.35 bits per heavy atom. The van der Waals surface area contributed by atoms with Crippen LogP contribution in [0.5, 0.6) is 11.5 Å². The average molecular weight is 555 g/mol. The highest BCUT2D eigenvalue weighted by atomic mass is 35.5. The quantitative estimate of drug-likeness (QED) is 0.151. The van der Waals surface area contributed by atoms with Crippen LogP contribution in [0.15, 0.2) is 42.5 Å². The Kier molecular flexibility index (Phi) is 17.1. The number of unbranched alkanes of at least 4 members (excludes halogenated alkanes) is 9. The standard InChI is InChI=1S/C22H40NO.C8H6Cl2O3/c1-4-5-6-7-8-9-10-11-12-16-19-23(2,3)20-21-24-22-17-14-13-15-18-22;1-13-7-5(10)3-2-4(9)6(7)8(11)12/h13-15,17-18H,4-12,16,19-21H2,1-3H3;2-3H,1H3,(H,11,12)/q+1;/p-1. The van der Waals surface area contributed by atoms with E-state index >= 15 is 0 Å². The molecule has 0 unspecified atom stereocenters. The molecule has 0 amide bonds. The van der Waals surface area contributed by atoms with Crippen molar-refractivity contribution < 1.29 is 23.9 Å². The summed E-state index contributed by atoms with van der Waals surface area (Å²) in [5, 5.41) is 10.8. The number of aromatic carboxylic acids is 1. The van der Waals surface area contributed by atoms with Gasteiger partial charge in [-0.2, -0.15) is 0 Å². The first-order chi connectivity index (χ1) is 17.7. The molecule has 0 heterocycles. The molecule has 0 aliphatic carbocycles. The highest BCUT2D eigenvalue weighted by molar-refractivity contribution is 6.36. The Labute approximate surface area is 234 Å². The van der Waals surface area contributed by atoms with E-state index < -0.39 is 5.97 Å². The molecule has 0 bridgehead atoms. The summed E-state index contributed by atoms with van der Waals surface area (Å²) in [7, 11) is 5.95. The van der Waals surface area contributed by atoms with Crippen molar-refractivity contribution in [2.75, 3.05) is 40.9 Å². The zero-order chi connectivity index (χ0) is 27.5. The summed E-state index contributed by atoms with van der Waals surface area (Å²) in [6, 6.07) is 13.0. The number of para-hydroxylation sites is 1. The van der Waals surface area contributed by atoms with E-state index in [1.165, 1.54) is 90.0 Å². The van der Waals surface area contributed by atoms with Gasteiger partial charge in [0.05, 0.1) is 49.3 Å². The number of likely N-dealkylation sites (N-methyl/N-ethyl adjacent to an activating group) is 1. The van der Waals surface area contributed by atoms with Gasteiger partial charge in [0.25, 0.3) is 0 Å². The molecule has 0 saturated heterocycles. The molecule has 2 rings (SSSR count). The Morgan fingerprint density at radius 3 is 1.86 bits per heavy atom. The first-order valence-corrected chi connectivity index (χ1v) is 14.2. The van der Waals surface area contributed by atoms with Gasteiger partial charge in [-0.05, 0) is 37.1 Å². The minimum atomic E-state index is -1.41. The zero-order valence-corrected chi connectivity index (χ0v) is 24.6. The maximum Gasteiger partial charge on any atom is 0.147 e. The fourth-order valence-electron chi connectivity index (χ4n) is 3.99. The van der Waals surface area contributed by atoms with Gasteiger partial charge in [0.2, 0.25) is 0 Å². The molecule has 5 nitrogen and oxygen atoms in total. The monoisotopic (exact) mass is 553 g/mol. The van der Waals surface area contributed by atoms with Crippen molar-refractivity contribution in [3.63, 3.8) is 0 Å². The average Bonchev–Trinajstić information content (AvgIpc) is 2.87. The molecule has 0 fully saturated rings. The number of carboxylic acids is 1. The van der Waals surface area contributed by atoms with E-state index in [0.717, 1.165) is 23.4 Å². The smallest absolute Gasteiger partial charge is 0.147 e. The van der Waals surface area contributed by atoms with E-state index in [1.807, 2.05) is 30.3 Å². The summed E-state index contributed by atoms with van der Waals surface area (Å²) in [4.78, 5) is 10.6. The Hall–Kier alpha value is -1.95. The van der Waals surface area contributed by atoms with Crippen LogP contribution in [0.2, 0.25) is 10.0 Å². The molecule has 0 atom stereocenters. The summed E-state index contributed by atoms with van der Waals surface area (Å²) in [5.74, 6) is -0.407. The lowest BCUT2D eigenvalue weighted by Gasteiger charge is -2.29. The van der Waals surface area contributed by atoms with Crippen LogP contribution in [0.4, 0.5) is 0 Å². The summed E-state index contributed by atoms with van der Waals surface area (Å²) in [6.07, 6.45) is 14.1. The molecule has 37 heavy (non-hydrogen) atoms. The number of rotatable bonds is 17. The lowest BCUT2D eigenvalue weighted by molar-refractivity contribution is -0.890. The minimum Gasteiger partial charge on any atom is -0.545 e. The number of hydrogen-bond acceptors (Lipinski definition) is 4. The van der Waals surface area contributed by atoms with Gasteiger partial charge in [0, 0.05) is 0 Å². The second-order valence-electron chi connectivity index (χ2n) is 9.95. The van der Waals surface area contributed by atoms with Gasteiger partial charge < -0.3 is 23.9 Å². The molecule has 0 aliphatic heterocycles. The molecular weight excluding hydrogens is 509 g/mol. The lowest BCUT2D eigenvalue weighted by atomic mass is 10.1. The van der Waals surface area contributed by atoms with Gasteiger partial charge in [0.1, 0.15) is 24.7 Å². The van der Waals surface area contributed by atoms with Gasteiger partial charge in [-0.3, -0.25) is 0 Å². The third kappa shape index (κ3) is 14.5. The summed E-state index contributed by atoms with van der Waals surface area (Å²) < 4.78 is 11.7. The van der Waals surface area contributed by atoms with Crippen LogP contribution >= 0.6 is 23.2 Å². The Balaban J connectivity index is 0.000000442. The summed E-state index contributed by atoms with van der Waals surface area (Å²) in [5.41, 5.74) is -0.225. The van der Waals surface area contributed by atoms with Crippen LogP contribution in [-0.4, -0.2) is 51.4 Å².